The SMILES string of the molecule is CCN(C(=O)NCCC/C=C/C=C1/CCCN=C1N)[C@@H](CC(=O)O)c1ccc(OC)nc1. The van der Waals surface area contributed by atoms with Crippen molar-refractivity contribution in [1.29, 1.82) is 0 Å². The van der Waals surface area contributed by atoms with E-state index in [1.165, 1.54) is 12.0 Å². The highest BCUT2D eigenvalue weighted by molar-refractivity contribution is 5.97. The summed E-state index contributed by atoms with van der Waals surface area (Å²) in [5.41, 5.74) is 7.59. The fourth-order valence-electron chi connectivity index (χ4n) is 3.45. The number of methoxy groups -OCH3 is 1. The predicted molar refractivity (Wildman–Crippen MR) is 124 cm³/mol. The number of hydrogen-bond acceptors (Lipinski definition) is 6. The van der Waals surface area contributed by atoms with Crippen LogP contribution in [0.2, 0.25) is 0 Å². The van der Waals surface area contributed by atoms with Crippen molar-refractivity contribution < 1.29 is 19.4 Å². The van der Waals surface area contributed by atoms with Crippen molar-refractivity contribution in [3.63, 3.8) is 0 Å². The number of aliphatic carboxylic acids is 1. The third-order valence-corrected chi connectivity index (χ3v) is 5.17. The Morgan fingerprint density at radius 3 is 2.84 bits per heavy atom. The molecule has 9 heteroatoms. The van der Waals surface area contributed by atoms with Gasteiger partial charge in [0.25, 0.3) is 0 Å². The van der Waals surface area contributed by atoms with Crippen LogP contribution in [-0.2, 0) is 4.79 Å². The first-order valence-electron chi connectivity index (χ1n) is 10.9. The molecule has 174 valence electrons. The Kier molecular flexibility index (Phi) is 10.2. The molecule has 2 amide bonds. The van der Waals surface area contributed by atoms with Crippen molar-refractivity contribution in [2.45, 2.75) is 45.1 Å². The highest BCUT2D eigenvalue weighted by Gasteiger charge is 2.26. The topological polar surface area (TPSA) is 130 Å². The lowest BCUT2D eigenvalue weighted by molar-refractivity contribution is -0.138. The third-order valence-electron chi connectivity index (χ3n) is 5.17. The minimum absolute atomic E-state index is 0.209. The summed E-state index contributed by atoms with van der Waals surface area (Å²) in [7, 11) is 1.51. The van der Waals surface area contributed by atoms with E-state index in [-0.39, 0.29) is 12.5 Å². The van der Waals surface area contributed by atoms with Crippen molar-refractivity contribution >= 4 is 17.8 Å². The molecule has 0 unspecified atom stereocenters. The number of carboxylic acid groups (broad SMARTS) is 1. The molecule has 1 aliphatic heterocycles. The molecule has 0 saturated heterocycles. The molecule has 0 spiro atoms. The summed E-state index contributed by atoms with van der Waals surface area (Å²) in [5.74, 6) is 0.0632. The van der Waals surface area contributed by atoms with Crippen LogP contribution in [0.1, 0.15) is 50.6 Å². The van der Waals surface area contributed by atoms with E-state index in [9.17, 15) is 14.7 Å². The Balaban J connectivity index is 1.88. The van der Waals surface area contributed by atoms with Crippen molar-refractivity contribution in [1.82, 2.24) is 15.2 Å². The number of pyridine rings is 1. The summed E-state index contributed by atoms with van der Waals surface area (Å²) < 4.78 is 5.06. The van der Waals surface area contributed by atoms with Crippen LogP contribution in [-0.4, -0.2) is 59.6 Å². The zero-order chi connectivity index (χ0) is 23.3. The molecule has 4 N–H and O–H groups in total. The monoisotopic (exact) mass is 443 g/mol. The second-order valence-electron chi connectivity index (χ2n) is 7.40. The number of nitrogens with two attached hydrogens (primary N) is 1. The van der Waals surface area contributed by atoms with Gasteiger partial charge < -0.3 is 25.8 Å². The van der Waals surface area contributed by atoms with E-state index in [1.807, 2.05) is 25.2 Å². The number of nitrogens with one attached hydrogen (secondary N) is 1. The third kappa shape index (κ3) is 7.72. The van der Waals surface area contributed by atoms with Crippen LogP contribution in [0.4, 0.5) is 4.79 Å². The van der Waals surface area contributed by atoms with Gasteiger partial charge in [0, 0.05) is 31.9 Å². The number of allylic oxidation sites excluding steroid dienone is 3. The molecular formula is C23H33N5O4. The second kappa shape index (κ2) is 13.1. The van der Waals surface area contributed by atoms with Gasteiger partial charge in [-0.15, -0.1) is 0 Å². The van der Waals surface area contributed by atoms with E-state index in [2.05, 4.69) is 15.3 Å². The zero-order valence-corrected chi connectivity index (χ0v) is 18.8. The Morgan fingerprint density at radius 1 is 1.41 bits per heavy atom. The first-order valence-corrected chi connectivity index (χ1v) is 10.9. The maximum Gasteiger partial charge on any atom is 0.317 e. The number of urea groups is 1. The average Bonchev–Trinajstić information content (AvgIpc) is 2.79. The molecule has 0 saturated carbocycles. The van der Waals surface area contributed by atoms with Gasteiger partial charge in [-0.05, 0) is 43.7 Å². The van der Waals surface area contributed by atoms with E-state index >= 15 is 0 Å². The lowest BCUT2D eigenvalue weighted by Crippen LogP contribution is -2.43. The lowest BCUT2D eigenvalue weighted by atomic mass is 10.0. The number of amidine groups is 1. The van der Waals surface area contributed by atoms with Gasteiger partial charge in [0.1, 0.15) is 5.84 Å². The Bertz CT molecular complexity index is 848. The molecule has 9 nitrogen and oxygen atoms in total. The molecule has 0 bridgehead atoms. The average molecular weight is 444 g/mol. The molecule has 2 rings (SSSR count). The van der Waals surface area contributed by atoms with E-state index in [1.54, 1.807) is 18.3 Å². The van der Waals surface area contributed by atoms with E-state index in [0.717, 1.165) is 37.8 Å². The van der Waals surface area contributed by atoms with Gasteiger partial charge in [-0.25, -0.2) is 9.78 Å². The number of ether oxygens (including phenoxy) is 1. The minimum atomic E-state index is -0.986. The minimum Gasteiger partial charge on any atom is -0.481 e. The number of aromatic nitrogens is 1. The molecule has 32 heavy (non-hydrogen) atoms. The van der Waals surface area contributed by atoms with E-state index in [0.29, 0.717) is 30.4 Å². The molecule has 0 aliphatic carbocycles. The standard InChI is InChI=1S/C23H33N5O4/c1-3-28(19(15-21(29)30)18-11-12-20(32-2)27-16-18)23(31)26-13-7-5-4-6-9-17-10-8-14-25-22(17)24/h4,6,9,11-12,16,19H,3,5,7-8,10,13-15H2,1-2H3,(H2,24,25)(H,26,31)(H,29,30)/b6-4+,17-9-/t19-/m0/s1. The van der Waals surface area contributed by atoms with Gasteiger partial charge in [0.2, 0.25) is 5.88 Å². The number of carboxylic acids is 1. The number of unbranched alkanes of at least 4 members (excludes halogenated alkanes) is 1. The van der Waals surface area contributed by atoms with Crippen LogP contribution < -0.4 is 15.8 Å². The number of aliphatic imine (C=N–C) groups is 1. The van der Waals surface area contributed by atoms with Crippen LogP contribution in [0.5, 0.6) is 5.88 Å². The number of rotatable bonds is 11. The summed E-state index contributed by atoms with van der Waals surface area (Å²) in [6, 6.07) is 2.47. The molecule has 2 heterocycles. The summed E-state index contributed by atoms with van der Waals surface area (Å²) in [6.07, 6.45) is 10.9. The molecular weight excluding hydrogens is 410 g/mol. The first kappa shape index (κ1) is 24.9. The van der Waals surface area contributed by atoms with Crippen LogP contribution in [0, 0.1) is 0 Å². The van der Waals surface area contributed by atoms with Crippen LogP contribution in [0.3, 0.4) is 0 Å². The van der Waals surface area contributed by atoms with Gasteiger partial charge in [0.05, 0.1) is 19.6 Å². The number of carbonyl (C=O) groups excluding carboxylic acids is 1. The van der Waals surface area contributed by atoms with Gasteiger partial charge in [-0.3, -0.25) is 9.79 Å². The smallest absolute Gasteiger partial charge is 0.317 e. The highest BCUT2D eigenvalue weighted by Crippen LogP contribution is 2.25. The van der Waals surface area contributed by atoms with Crippen LogP contribution in [0.25, 0.3) is 0 Å². The predicted octanol–water partition coefficient (Wildman–Crippen LogP) is 3.05. The largest absolute Gasteiger partial charge is 0.481 e. The fraction of sp³-hybridized carbons (Fsp3) is 0.478. The van der Waals surface area contributed by atoms with Crippen molar-refractivity contribution in [3.05, 3.63) is 47.7 Å². The fourth-order valence-corrected chi connectivity index (χ4v) is 3.45. The number of hydrogen-bond donors (Lipinski definition) is 3. The van der Waals surface area contributed by atoms with Crippen molar-refractivity contribution in [2.75, 3.05) is 26.7 Å². The number of amides is 2. The summed E-state index contributed by atoms with van der Waals surface area (Å²) >= 11 is 0. The normalized spacial score (nSPS) is 15.9. The maximum absolute atomic E-state index is 12.7. The van der Waals surface area contributed by atoms with Crippen molar-refractivity contribution in [2.24, 2.45) is 10.7 Å². The zero-order valence-electron chi connectivity index (χ0n) is 18.8. The van der Waals surface area contributed by atoms with Gasteiger partial charge in [-0.1, -0.05) is 24.3 Å². The van der Waals surface area contributed by atoms with E-state index < -0.39 is 12.0 Å². The highest BCUT2D eigenvalue weighted by atomic mass is 16.5. The van der Waals surface area contributed by atoms with Gasteiger partial charge >= 0.3 is 12.0 Å². The Labute approximate surface area is 189 Å². The quantitative estimate of drug-likeness (QED) is 0.451. The Hall–Kier alpha value is -3.36. The number of nitrogens with zero attached hydrogens (tertiary/aromatic N) is 3. The first-order chi connectivity index (χ1) is 15.5. The number of carbonyl (C=O) groups is 2. The molecule has 1 aromatic heterocycles. The summed E-state index contributed by atoms with van der Waals surface area (Å²) in [4.78, 5) is 34.1. The maximum atomic E-state index is 12.7. The molecule has 1 aromatic rings. The molecule has 0 radical (unpaired) electrons. The van der Waals surface area contributed by atoms with Gasteiger partial charge in [-0.2, -0.15) is 0 Å². The molecule has 0 aromatic carbocycles. The van der Waals surface area contributed by atoms with Gasteiger partial charge in [0.15, 0.2) is 0 Å². The molecule has 1 aliphatic rings. The second-order valence-corrected chi connectivity index (χ2v) is 7.40. The van der Waals surface area contributed by atoms with Crippen LogP contribution >= 0.6 is 0 Å². The lowest BCUT2D eigenvalue weighted by Gasteiger charge is -2.30. The summed E-state index contributed by atoms with van der Waals surface area (Å²) in [5, 5.41) is 12.2. The molecule has 0 fully saturated rings. The van der Waals surface area contributed by atoms with Crippen LogP contribution in [0.15, 0.2) is 47.1 Å². The van der Waals surface area contributed by atoms with E-state index in [4.69, 9.17) is 10.5 Å². The summed E-state index contributed by atoms with van der Waals surface area (Å²) in [6.45, 7) is 3.47. The Morgan fingerprint density at radius 2 is 2.22 bits per heavy atom. The van der Waals surface area contributed by atoms with Crippen molar-refractivity contribution in [3.8, 4) is 5.88 Å². The molecule has 1 atom stereocenters.